The normalized spacial score (nSPS) is 14.7. The van der Waals surface area contributed by atoms with Gasteiger partial charge < -0.3 is 20.4 Å². The molecule has 0 aliphatic carbocycles. The number of nitrogens with one attached hydrogen (secondary N) is 2. The van der Waals surface area contributed by atoms with E-state index in [1.54, 1.807) is 6.20 Å². The number of rotatable bonds is 5. The zero-order valence-corrected chi connectivity index (χ0v) is 16.4. The first-order chi connectivity index (χ1) is 13.7. The average Bonchev–Trinajstić information content (AvgIpc) is 2.70. The van der Waals surface area contributed by atoms with Crippen molar-refractivity contribution >= 4 is 40.4 Å². The molecule has 8 heteroatoms. The maximum Gasteiger partial charge on any atom is 0.249 e. The van der Waals surface area contributed by atoms with E-state index in [-0.39, 0.29) is 0 Å². The molecule has 0 unspecified atom stereocenters. The Kier molecular flexibility index (Phi) is 5.55. The summed E-state index contributed by atoms with van der Waals surface area (Å²) in [6, 6.07) is 15.8. The minimum absolute atomic E-state index is 0.430. The van der Waals surface area contributed by atoms with Crippen LogP contribution in [0.2, 0.25) is 5.02 Å². The van der Waals surface area contributed by atoms with Gasteiger partial charge in [0.2, 0.25) is 5.95 Å². The molecule has 0 atom stereocenters. The second-order valence-electron chi connectivity index (χ2n) is 6.76. The zero-order valence-electron chi connectivity index (χ0n) is 15.6. The zero-order chi connectivity index (χ0) is 19.3. The van der Waals surface area contributed by atoms with Gasteiger partial charge in [0.15, 0.2) is 5.82 Å². The third kappa shape index (κ3) is 4.68. The molecule has 1 fully saturated rings. The van der Waals surface area contributed by atoms with Crippen molar-refractivity contribution in [3.63, 3.8) is 0 Å². The summed E-state index contributed by atoms with van der Waals surface area (Å²) in [7, 11) is 2.16. The van der Waals surface area contributed by atoms with Crippen LogP contribution in [0.25, 0.3) is 0 Å². The topological polar surface area (TPSA) is 69.2 Å². The van der Waals surface area contributed by atoms with Gasteiger partial charge in [-0.1, -0.05) is 17.7 Å². The Hall–Kier alpha value is -2.90. The van der Waals surface area contributed by atoms with E-state index in [1.807, 2.05) is 36.4 Å². The van der Waals surface area contributed by atoms with Gasteiger partial charge in [-0.25, -0.2) is 0 Å². The summed E-state index contributed by atoms with van der Waals surface area (Å²) < 4.78 is 0. The molecule has 2 aromatic carbocycles. The minimum atomic E-state index is 0.430. The summed E-state index contributed by atoms with van der Waals surface area (Å²) >= 11 is 6.02. The molecule has 7 nitrogen and oxygen atoms in total. The summed E-state index contributed by atoms with van der Waals surface area (Å²) in [6.07, 6.45) is 1.57. The van der Waals surface area contributed by atoms with Gasteiger partial charge in [0.05, 0.1) is 6.20 Å². The Morgan fingerprint density at radius 2 is 1.71 bits per heavy atom. The van der Waals surface area contributed by atoms with Crippen LogP contribution in [-0.2, 0) is 0 Å². The molecule has 1 saturated heterocycles. The lowest BCUT2D eigenvalue weighted by molar-refractivity contribution is 0.313. The standard InChI is InChI=1S/C20H22ClN7/c1-27-9-11-28(12-10-27)18-7-5-16(6-8-18)24-20-25-19(14-22-26-20)23-17-4-2-3-15(21)13-17/h2-8,13-14H,9-12H2,1H3,(H2,23,24,25,26). The quantitative estimate of drug-likeness (QED) is 0.681. The molecular weight excluding hydrogens is 374 g/mol. The molecule has 0 amide bonds. The highest BCUT2D eigenvalue weighted by Crippen LogP contribution is 2.22. The number of hydrogen-bond acceptors (Lipinski definition) is 7. The first kappa shape index (κ1) is 18.5. The summed E-state index contributed by atoms with van der Waals surface area (Å²) in [6.45, 7) is 4.28. The molecular formula is C20H22ClN7. The van der Waals surface area contributed by atoms with E-state index in [0.717, 1.165) is 37.6 Å². The van der Waals surface area contributed by atoms with Crippen LogP contribution in [-0.4, -0.2) is 53.3 Å². The van der Waals surface area contributed by atoms with Crippen molar-refractivity contribution in [3.05, 3.63) is 59.8 Å². The molecule has 0 saturated carbocycles. The second-order valence-corrected chi connectivity index (χ2v) is 7.20. The lowest BCUT2D eigenvalue weighted by Crippen LogP contribution is -2.44. The Balaban J connectivity index is 1.41. The van der Waals surface area contributed by atoms with Crippen LogP contribution in [0.5, 0.6) is 0 Å². The number of anilines is 5. The van der Waals surface area contributed by atoms with E-state index in [0.29, 0.717) is 16.8 Å². The summed E-state index contributed by atoms with van der Waals surface area (Å²) in [4.78, 5) is 9.21. The van der Waals surface area contributed by atoms with Crippen molar-refractivity contribution in [1.29, 1.82) is 0 Å². The van der Waals surface area contributed by atoms with Crippen LogP contribution in [0.4, 0.5) is 28.8 Å². The fourth-order valence-corrected chi connectivity index (χ4v) is 3.27. The first-order valence-electron chi connectivity index (χ1n) is 9.19. The van der Waals surface area contributed by atoms with E-state index in [1.165, 1.54) is 5.69 Å². The third-order valence-electron chi connectivity index (χ3n) is 4.65. The second kappa shape index (κ2) is 8.41. The van der Waals surface area contributed by atoms with Crippen LogP contribution < -0.4 is 15.5 Å². The maximum absolute atomic E-state index is 6.02. The largest absolute Gasteiger partial charge is 0.369 e. The summed E-state index contributed by atoms with van der Waals surface area (Å²) in [5.41, 5.74) is 2.99. The van der Waals surface area contributed by atoms with Crippen LogP contribution >= 0.6 is 11.6 Å². The molecule has 0 radical (unpaired) electrons. The van der Waals surface area contributed by atoms with Crippen molar-refractivity contribution in [2.24, 2.45) is 0 Å². The summed E-state index contributed by atoms with van der Waals surface area (Å²) in [5, 5.41) is 15.1. The van der Waals surface area contributed by atoms with Gasteiger partial charge in [0.1, 0.15) is 0 Å². The minimum Gasteiger partial charge on any atom is -0.369 e. The predicted molar refractivity (Wildman–Crippen MR) is 114 cm³/mol. The molecule has 2 heterocycles. The molecule has 3 aromatic rings. The molecule has 1 aromatic heterocycles. The monoisotopic (exact) mass is 395 g/mol. The highest BCUT2D eigenvalue weighted by atomic mass is 35.5. The lowest BCUT2D eigenvalue weighted by atomic mass is 10.2. The van der Waals surface area contributed by atoms with E-state index < -0.39 is 0 Å². The van der Waals surface area contributed by atoms with Crippen molar-refractivity contribution < 1.29 is 0 Å². The number of piperazine rings is 1. The van der Waals surface area contributed by atoms with Gasteiger partial charge in [-0.15, -0.1) is 5.10 Å². The number of benzene rings is 2. The number of aromatic nitrogens is 3. The third-order valence-corrected chi connectivity index (χ3v) is 4.88. The Morgan fingerprint density at radius 1 is 0.929 bits per heavy atom. The van der Waals surface area contributed by atoms with Gasteiger partial charge >= 0.3 is 0 Å². The van der Waals surface area contributed by atoms with Gasteiger partial charge in [0.25, 0.3) is 0 Å². The van der Waals surface area contributed by atoms with E-state index in [4.69, 9.17) is 11.6 Å². The molecule has 0 bridgehead atoms. The number of halogens is 1. The maximum atomic E-state index is 6.02. The van der Waals surface area contributed by atoms with Crippen molar-refractivity contribution in [1.82, 2.24) is 20.1 Å². The first-order valence-corrected chi connectivity index (χ1v) is 9.56. The average molecular weight is 396 g/mol. The molecule has 144 valence electrons. The van der Waals surface area contributed by atoms with E-state index in [2.05, 4.69) is 54.8 Å². The SMILES string of the molecule is CN1CCN(c2ccc(Nc3nncc(Nc4cccc(Cl)c4)n3)cc2)CC1. The highest BCUT2D eigenvalue weighted by Gasteiger charge is 2.14. The molecule has 1 aliphatic heterocycles. The fraction of sp³-hybridized carbons (Fsp3) is 0.250. The van der Waals surface area contributed by atoms with Gasteiger partial charge in [-0.3, -0.25) is 0 Å². The van der Waals surface area contributed by atoms with E-state index >= 15 is 0 Å². The molecule has 1 aliphatic rings. The van der Waals surface area contributed by atoms with Gasteiger partial charge in [-0.05, 0) is 49.5 Å². The highest BCUT2D eigenvalue weighted by molar-refractivity contribution is 6.30. The number of hydrogen-bond donors (Lipinski definition) is 2. The van der Waals surface area contributed by atoms with Gasteiger partial charge in [0, 0.05) is 48.3 Å². The Morgan fingerprint density at radius 3 is 2.46 bits per heavy atom. The van der Waals surface area contributed by atoms with Crippen molar-refractivity contribution in [2.75, 3.05) is 48.8 Å². The fourth-order valence-electron chi connectivity index (χ4n) is 3.08. The van der Waals surface area contributed by atoms with Crippen molar-refractivity contribution in [3.8, 4) is 0 Å². The summed E-state index contributed by atoms with van der Waals surface area (Å²) in [5.74, 6) is 1.02. The van der Waals surface area contributed by atoms with Crippen LogP contribution in [0.1, 0.15) is 0 Å². The number of nitrogens with zero attached hydrogens (tertiary/aromatic N) is 5. The van der Waals surface area contributed by atoms with Gasteiger partial charge in [-0.2, -0.15) is 10.1 Å². The molecule has 28 heavy (non-hydrogen) atoms. The molecule has 0 spiro atoms. The van der Waals surface area contributed by atoms with Crippen LogP contribution in [0, 0.1) is 0 Å². The van der Waals surface area contributed by atoms with Crippen LogP contribution in [0.3, 0.4) is 0 Å². The van der Waals surface area contributed by atoms with Crippen LogP contribution in [0.15, 0.2) is 54.7 Å². The molecule has 4 rings (SSSR count). The Labute approximate surface area is 169 Å². The predicted octanol–water partition coefficient (Wildman–Crippen LogP) is 3.76. The lowest BCUT2D eigenvalue weighted by Gasteiger charge is -2.34. The smallest absolute Gasteiger partial charge is 0.249 e. The Bertz CT molecular complexity index is 924. The number of likely N-dealkylation sites (N-methyl/N-ethyl adjacent to an activating group) is 1. The molecule has 2 N–H and O–H groups in total. The van der Waals surface area contributed by atoms with Crippen molar-refractivity contribution in [2.45, 2.75) is 0 Å². The van der Waals surface area contributed by atoms with E-state index in [9.17, 15) is 0 Å².